The minimum atomic E-state index is -0.0722. The lowest BCUT2D eigenvalue weighted by molar-refractivity contribution is -0.116. The number of para-hydroxylation sites is 2. The second-order valence-electron chi connectivity index (χ2n) is 7.08. The summed E-state index contributed by atoms with van der Waals surface area (Å²) in [5.41, 5.74) is 1.99. The summed E-state index contributed by atoms with van der Waals surface area (Å²) in [7, 11) is 3.47. The molecule has 2 aromatic rings. The van der Waals surface area contributed by atoms with Crippen LogP contribution in [0.3, 0.4) is 0 Å². The Kier molecular flexibility index (Phi) is 7.48. The topological polar surface area (TPSA) is 82.1 Å². The Labute approximate surface area is 178 Å². The highest BCUT2D eigenvalue weighted by Crippen LogP contribution is 2.28. The van der Waals surface area contributed by atoms with Crippen LogP contribution in [-0.4, -0.2) is 68.6 Å². The fourth-order valence-corrected chi connectivity index (χ4v) is 3.49. The van der Waals surface area contributed by atoms with Crippen molar-refractivity contribution in [2.75, 3.05) is 57.1 Å². The van der Waals surface area contributed by atoms with Gasteiger partial charge in [0.2, 0.25) is 5.91 Å². The quantitative estimate of drug-likeness (QED) is 0.561. The Morgan fingerprint density at radius 1 is 1.13 bits per heavy atom. The highest BCUT2D eigenvalue weighted by atomic mass is 16.5. The highest BCUT2D eigenvalue weighted by Gasteiger charge is 2.21. The van der Waals surface area contributed by atoms with Gasteiger partial charge in [0.1, 0.15) is 11.6 Å². The summed E-state index contributed by atoms with van der Waals surface area (Å²) in [6.07, 6.45) is 0.343. The maximum atomic E-state index is 12.2. The van der Waals surface area contributed by atoms with Crippen molar-refractivity contribution in [2.24, 2.45) is 4.99 Å². The third-order valence-electron chi connectivity index (χ3n) is 5.01. The van der Waals surface area contributed by atoms with Gasteiger partial charge in [-0.3, -0.25) is 9.79 Å². The van der Waals surface area contributed by atoms with Gasteiger partial charge in [0.05, 0.1) is 12.8 Å². The van der Waals surface area contributed by atoms with Crippen LogP contribution in [0, 0.1) is 6.92 Å². The SMILES string of the molecule is CN=C(NCCC(=O)Nc1cccc(C)n1)N1CCN(c2ccccc2OC)CC1. The van der Waals surface area contributed by atoms with Gasteiger partial charge in [-0.15, -0.1) is 0 Å². The first-order valence-electron chi connectivity index (χ1n) is 10.2. The van der Waals surface area contributed by atoms with Crippen LogP contribution >= 0.6 is 0 Å². The Morgan fingerprint density at radius 3 is 2.60 bits per heavy atom. The molecule has 0 atom stereocenters. The predicted octanol–water partition coefficient (Wildman–Crippen LogP) is 2.12. The number of benzene rings is 1. The molecule has 1 fully saturated rings. The van der Waals surface area contributed by atoms with E-state index in [0.29, 0.717) is 18.8 Å². The van der Waals surface area contributed by atoms with E-state index < -0.39 is 0 Å². The van der Waals surface area contributed by atoms with E-state index in [0.717, 1.165) is 49.3 Å². The van der Waals surface area contributed by atoms with Crippen LogP contribution in [0.25, 0.3) is 0 Å². The Hall–Kier alpha value is -3.29. The molecule has 1 aromatic heterocycles. The molecule has 0 spiro atoms. The standard InChI is InChI=1S/C22H30N6O2/c1-17-7-6-10-20(25-17)26-21(29)11-12-24-22(23-2)28-15-13-27(14-16-28)18-8-4-5-9-19(18)30-3/h4-10H,11-16H2,1-3H3,(H,23,24)(H,25,26,29). The molecule has 2 heterocycles. The van der Waals surface area contributed by atoms with Crippen LogP contribution in [0.2, 0.25) is 0 Å². The lowest BCUT2D eigenvalue weighted by Gasteiger charge is -2.38. The summed E-state index contributed by atoms with van der Waals surface area (Å²) < 4.78 is 5.48. The van der Waals surface area contributed by atoms with E-state index >= 15 is 0 Å². The number of aliphatic imine (C=N–C) groups is 1. The number of anilines is 2. The number of methoxy groups -OCH3 is 1. The maximum absolute atomic E-state index is 12.2. The molecule has 1 saturated heterocycles. The van der Waals surface area contributed by atoms with Crippen LogP contribution in [0.4, 0.5) is 11.5 Å². The highest BCUT2D eigenvalue weighted by molar-refractivity contribution is 5.90. The molecule has 1 aliphatic heterocycles. The van der Waals surface area contributed by atoms with Gasteiger partial charge in [0, 0.05) is 51.9 Å². The molecule has 1 aromatic carbocycles. The van der Waals surface area contributed by atoms with E-state index in [-0.39, 0.29) is 5.91 Å². The van der Waals surface area contributed by atoms with Crippen LogP contribution < -0.4 is 20.3 Å². The molecule has 8 nitrogen and oxygen atoms in total. The number of ether oxygens (including phenoxy) is 1. The van der Waals surface area contributed by atoms with Gasteiger partial charge in [-0.1, -0.05) is 18.2 Å². The first-order valence-corrected chi connectivity index (χ1v) is 10.2. The molecule has 30 heavy (non-hydrogen) atoms. The second kappa shape index (κ2) is 10.5. The number of aromatic nitrogens is 1. The molecule has 0 unspecified atom stereocenters. The first kappa shape index (κ1) is 21.4. The van der Waals surface area contributed by atoms with Crippen molar-refractivity contribution >= 4 is 23.4 Å². The Morgan fingerprint density at radius 2 is 1.90 bits per heavy atom. The first-order chi connectivity index (χ1) is 14.6. The predicted molar refractivity (Wildman–Crippen MR) is 120 cm³/mol. The van der Waals surface area contributed by atoms with Crippen LogP contribution in [0.1, 0.15) is 12.1 Å². The number of hydrogen-bond acceptors (Lipinski definition) is 5. The number of amides is 1. The van der Waals surface area contributed by atoms with Crippen molar-refractivity contribution in [3.8, 4) is 5.75 Å². The zero-order chi connectivity index (χ0) is 21.3. The largest absolute Gasteiger partial charge is 0.495 e. The summed E-state index contributed by atoms with van der Waals surface area (Å²) in [5, 5.41) is 6.12. The zero-order valence-electron chi connectivity index (χ0n) is 17.9. The number of pyridine rings is 1. The number of nitrogens with zero attached hydrogens (tertiary/aromatic N) is 4. The van der Waals surface area contributed by atoms with Gasteiger partial charge in [-0.25, -0.2) is 4.98 Å². The third kappa shape index (κ3) is 5.62. The van der Waals surface area contributed by atoms with Crippen LogP contribution in [0.15, 0.2) is 47.5 Å². The fourth-order valence-electron chi connectivity index (χ4n) is 3.49. The molecule has 160 valence electrons. The fraction of sp³-hybridized carbons (Fsp3) is 0.409. The normalized spacial score (nSPS) is 14.4. The molecular formula is C22H30N6O2. The van der Waals surface area contributed by atoms with Crippen molar-refractivity contribution in [3.63, 3.8) is 0 Å². The number of carbonyl (C=O) groups excluding carboxylic acids is 1. The van der Waals surface area contributed by atoms with Crippen molar-refractivity contribution < 1.29 is 9.53 Å². The van der Waals surface area contributed by atoms with E-state index in [1.165, 1.54) is 0 Å². The number of piperazine rings is 1. The number of guanidine groups is 1. The summed E-state index contributed by atoms with van der Waals surface area (Å²) in [6.45, 7) is 5.85. The summed E-state index contributed by atoms with van der Waals surface area (Å²) in [4.78, 5) is 25.4. The molecule has 0 aliphatic carbocycles. The Bertz CT molecular complexity index is 877. The lowest BCUT2D eigenvalue weighted by Crippen LogP contribution is -2.52. The van der Waals surface area contributed by atoms with Gasteiger partial charge < -0.3 is 25.2 Å². The number of nitrogens with one attached hydrogen (secondary N) is 2. The van der Waals surface area contributed by atoms with Gasteiger partial charge in [-0.2, -0.15) is 0 Å². The third-order valence-corrected chi connectivity index (χ3v) is 5.01. The van der Waals surface area contributed by atoms with Gasteiger partial charge in [-0.05, 0) is 31.2 Å². The Balaban J connectivity index is 1.45. The van der Waals surface area contributed by atoms with E-state index in [1.54, 1.807) is 20.2 Å². The van der Waals surface area contributed by atoms with Gasteiger partial charge >= 0.3 is 0 Å². The van der Waals surface area contributed by atoms with E-state index in [4.69, 9.17) is 4.74 Å². The minimum Gasteiger partial charge on any atom is -0.495 e. The van der Waals surface area contributed by atoms with Crippen molar-refractivity contribution in [2.45, 2.75) is 13.3 Å². The zero-order valence-corrected chi connectivity index (χ0v) is 17.9. The van der Waals surface area contributed by atoms with E-state index in [2.05, 4.69) is 36.5 Å². The van der Waals surface area contributed by atoms with Crippen molar-refractivity contribution in [1.82, 2.24) is 15.2 Å². The molecule has 2 N–H and O–H groups in total. The molecule has 0 saturated carbocycles. The summed E-state index contributed by atoms with van der Waals surface area (Å²) in [6, 6.07) is 13.6. The molecule has 1 aliphatic rings. The van der Waals surface area contributed by atoms with Crippen molar-refractivity contribution in [1.29, 1.82) is 0 Å². The molecule has 1 amide bonds. The number of rotatable bonds is 6. The average molecular weight is 411 g/mol. The molecule has 0 radical (unpaired) electrons. The maximum Gasteiger partial charge on any atom is 0.227 e. The number of aryl methyl sites for hydroxylation is 1. The average Bonchev–Trinajstić information content (AvgIpc) is 2.77. The van der Waals surface area contributed by atoms with Gasteiger partial charge in [0.25, 0.3) is 0 Å². The molecule has 8 heteroatoms. The number of carbonyl (C=O) groups is 1. The number of hydrogen-bond donors (Lipinski definition) is 2. The smallest absolute Gasteiger partial charge is 0.227 e. The van der Waals surface area contributed by atoms with E-state index in [1.807, 2.05) is 37.3 Å². The van der Waals surface area contributed by atoms with Gasteiger partial charge in [0.15, 0.2) is 5.96 Å². The molecule has 3 rings (SSSR count). The monoisotopic (exact) mass is 410 g/mol. The second-order valence-corrected chi connectivity index (χ2v) is 7.08. The van der Waals surface area contributed by atoms with Crippen LogP contribution in [-0.2, 0) is 4.79 Å². The van der Waals surface area contributed by atoms with Crippen LogP contribution in [0.5, 0.6) is 5.75 Å². The summed E-state index contributed by atoms with van der Waals surface area (Å²) in [5.74, 6) is 2.22. The lowest BCUT2D eigenvalue weighted by atomic mass is 10.2. The summed E-state index contributed by atoms with van der Waals surface area (Å²) >= 11 is 0. The van der Waals surface area contributed by atoms with Crippen molar-refractivity contribution in [3.05, 3.63) is 48.2 Å². The minimum absolute atomic E-state index is 0.0722. The molecule has 0 bridgehead atoms. The molecular weight excluding hydrogens is 380 g/mol. The van der Waals surface area contributed by atoms with E-state index in [9.17, 15) is 4.79 Å².